The second-order valence-corrected chi connectivity index (χ2v) is 5.18. The lowest BCUT2D eigenvalue weighted by Gasteiger charge is -2.02. The topological polar surface area (TPSA) is 33.7 Å². The summed E-state index contributed by atoms with van der Waals surface area (Å²) < 4.78 is 4.43. The molecule has 1 aromatic rings. The molecule has 1 aromatic heterocycles. The molecule has 4 nitrogen and oxygen atoms in total. The van der Waals surface area contributed by atoms with Gasteiger partial charge in [-0.15, -0.1) is 9.36 Å². The van der Waals surface area contributed by atoms with Gasteiger partial charge < -0.3 is 0 Å². The van der Waals surface area contributed by atoms with Gasteiger partial charge in [-0.25, -0.2) is 0 Å². The van der Waals surface area contributed by atoms with Crippen molar-refractivity contribution in [1.82, 2.24) is 9.77 Å². The van der Waals surface area contributed by atoms with Crippen molar-refractivity contribution >= 4 is 0 Å². The summed E-state index contributed by atoms with van der Waals surface area (Å²) in [6.07, 6.45) is 9.49. The van der Waals surface area contributed by atoms with Crippen LogP contribution in [-0.4, -0.2) is 16.8 Å². The molecular weight excluding hydrogens is 236 g/mol. The van der Waals surface area contributed by atoms with Gasteiger partial charge in [0.25, 0.3) is 5.82 Å². The molecule has 0 saturated heterocycles. The van der Waals surface area contributed by atoms with Gasteiger partial charge in [0.2, 0.25) is 0 Å². The SMILES string of the molecule is CCCCc1n[n+](CCCC)c(CCCC)n1NC. The van der Waals surface area contributed by atoms with Crippen LogP contribution in [0.25, 0.3) is 0 Å². The lowest BCUT2D eigenvalue weighted by Crippen LogP contribution is -2.41. The Balaban J connectivity index is 2.94. The summed E-state index contributed by atoms with van der Waals surface area (Å²) in [6, 6.07) is 0. The number of hydrogen-bond acceptors (Lipinski definition) is 2. The maximum atomic E-state index is 4.83. The molecule has 1 heterocycles. The largest absolute Gasteiger partial charge is 0.302 e. The van der Waals surface area contributed by atoms with Gasteiger partial charge >= 0.3 is 5.82 Å². The fraction of sp³-hybridized carbons (Fsp3) is 0.867. The molecule has 110 valence electrons. The van der Waals surface area contributed by atoms with E-state index in [1.165, 1.54) is 50.2 Å². The molecule has 0 aromatic carbocycles. The van der Waals surface area contributed by atoms with E-state index in [0.717, 1.165) is 19.4 Å². The third-order valence-corrected chi connectivity index (χ3v) is 3.51. The summed E-state index contributed by atoms with van der Waals surface area (Å²) in [6.45, 7) is 7.76. The lowest BCUT2D eigenvalue weighted by atomic mass is 10.2. The van der Waals surface area contributed by atoms with Crippen LogP contribution >= 0.6 is 0 Å². The molecule has 4 heteroatoms. The Morgan fingerprint density at radius 3 is 2.21 bits per heavy atom. The van der Waals surface area contributed by atoms with Crippen LogP contribution in [0.5, 0.6) is 0 Å². The van der Waals surface area contributed by atoms with Crippen molar-refractivity contribution in [3.05, 3.63) is 11.6 Å². The van der Waals surface area contributed by atoms with E-state index < -0.39 is 0 Å². The summed E-state index contributed by atoms with van der Waals surface area (Å²) in [5.74, 6) is 2.52. The van der Waals surface area contributed by atoms with Crippen molar-refractivity contribution in [2.24, 2.45) is 0 Å². The minimum atomic E-state index is 1.04. The summed E-state index contributed by atoms with van der Waals surface area (Å²) in [5, 5.41) is 4.83. The molecule has 0 aliphatic heterocycles. The average molecular weight is 267 g/mol. The number of nitrogens with zero attached hydrogens (tertiary/aromatic N) is 3. The van der Waals surface area contributed by atoms with Gasteiger partial charge in [0.05, 0.1) is 6.42 Å². The quantitative estimate of drug-likeness (QED) is 0.661. The smallest absolute Gasteiger partial charge is 0.257 e. The first-order chi connectivity index (χ1) is 9.28. The molecule has 1 rings (SSSR count). The zero-order chi connectivity index (χ0) is 14.1. The summed E-state index contributed by atoms with van der Waals surface area (Å²) in [5.41, 5.74) is 3.31. The molecular formula is C15H31N4+. The molecule has 0 aliphatic rings. The number of rotatable bonds is 10. The van der Waals surface area contributed by atoms with Gasteiger partial charge in [0, 0.05) is 13.5 Å². The van der Waals surface area contributed by atoms with E-state index >= 15 is 0 Å². The van der Waals surface area contributed by atoms with E-state index in [4.69, 9.17) is 5.10 Å². The van der Waals surface area contributed by atoms with Gasteiger partial charge in [0.15, 0.2) is 0 Å². The van der Waals surface area contributed by atoms with Crippen molar-refractivity contribution in [1.29, 1.82) is 0 Å². The second-order valence-electron chi connectivity index (χ2n) is 5.18. The number of aromatic nitrogens is 3. The molecule has 0 unspecified atom stereocenters. The molecule has 0 saturated carbocycles. The van der Waals surface area contributed by atoms with Gasteiger partial charge in [-0.05, 0) is 24.4 Å². The van der Waals surface area contributed by atoms with Crippen LogP contribution in [0.1, 0.15) is 70.9 Å². The molecule has 0 atom stereocenters. The predicted octanol–water partition coefficient (Wildman–Crippen LogP) is 2.83. The van der Waals surface area contributed by atoms with Crippen LogP contribution in [0.4, 0.5) is 0 Å². The van der Waals surface area contributed by atoms with Gasteiger partial charge in [-0.3, -0.25) is 5.43 Å². The monoisotopic (exact) mass is 267 g/mol. The van der Waals surface area contributed by atoms with Gasteiger partial charge in [-0.1, -0.05) is 40.0 Å². The molecule has 19 heavy (non-hydrogen) atoms. The predicted molar refractivity (Wildman–Crippen MR) is 79.8 cm³/mol. The van der Waals surface area contributed by atoms with Crippen LogP contribution in [0.2, 0.25) is 0 Å². The highest BCUT2D eigenvalue weighted by Crippen LogP contribution is 2.07. The Hall–Kier alpha value is -1.06. The third-order valence-electron chi connectivity index (χ3n) is 3.51. The normalized spacial score (nSPS) is 10.9. The Labute approximate surface area is 118 Å². The highest BCUT2D eigenvalue weighted by molar-refractivity contribution is 4.94. The third kappa shape index (κ3) is 4.51. The summed E-state index contributed by atoms with van der Waals surface area (Å²) in [4.78, 5) is 0. The van der Waals surface area contributed by atoms with Crippen LogP contribution in [0.3, 0.4) is 0 Å². The Bertz CT molecular complexity index is 357. The zero-order valence-electron chi connectivity index (χ0n) is 13.2. The Kier molecular flexibility index (Phi) is 7.53. The maximum Gasteiger partial charge on any atom is 0.302 e. The van der Waals surface area contributed by atoms with Crippen molar-refractivity contribution in [2.45, 2.75) is 78.7 Å². The Morgan fingerprint density at radius 2 is 1.63 bits per heavy atom. The second kappa shape index (κ2) is 8.94. The van der Waals surface area contributed by atoms with Crippen LogP contribution in [0.15, 0.2) is 0 Å². The maximum absolute atomic E-state index is 4.83. The van der Waals surface area contributed by atoms with Crippen molar-refractivity contribution in [3.8, 4) is 0 Å². The fourth-order valence-electron chi connectivity index (χ4n) is 2.32. The van der Waals surface area contributed by atoms with E-state index in [1.54, 1.807) is 0 Å². The van der Waals surface area contributed by atoms with Crippen LogP contribution in [-0.2, 0) is 19.4 Å². The molecule has 1 N–H and O–H groups in total. The highest BCUT2D eigenvalue weighted by atomic mass is 15.5. The van der Waals surface area contributed by atoms with Crippen molar-refractivity contribution < 1.29 is 4.68 Å². The number of unbranched alkanes of at least 4 members (excludes halogenated alkanes) is 3. The van der Waals surface area contributed by atoms with E-state index in [1.807, 2.05) is 7.05 Å². The standard InChI is InChI=1S/C15H31N4/c1-5-8-11-14-17-18(13-10-7-3)15(12-9-6-2)19(14)16-4/h16H,5-13H2,1-4H3/q+1. The van der Waals surface area contributed by atoms with Crippen LogP contribution < -0.4 is 10.1 Å². The summed E-state index contributed by atoms with van der Waals surface area (Å²) >= 11 is 0. The first-order valence-corrected chi connectivity index (χ1v) is 7.96. The van der Waals surface area contributed by atoms with E-state index in [2.05, 4.69) is 35.6 Å². The lowest BCUT2D eigenvalue weighted by molar-refractivity contribution is -0.759. The number of aryl methyl sites for hydroxylation is 2. The summed E-state index contributed by atoms with van der Waals surface area (Å²) in [7, 11) is 2.00. The minimum absolute atomic E-state index is 1.04. The van der Waals surface area contributed by atoms with Gasteiger partial charge in [-0.2, -0.15) is 0 Å². The van der Waals surface area contributed by atoms with E-state index in [9.17, 15) is 0 Å². The van der Waals surface area contributed by atoms with E-state index in [0.29, 0.717) is 0 Å². The molecule has 0 bridgehead atoms. The minimum Gasteiger partial charge on any atom is -0.257 e. The number of hydrogen-bond donors (Lipinski definition) is 1. The first-order valence-electron chi connectivity index (χ1n) is 7.96. The first kappa shape index (κ1) is 16.0. The molecule has 0 fully saturated rings. The highest BCUT2D eigenvalue weighted by Gasteiger charge is 2.23. The number of nitrogens with one attached hydrogen (secondary N) is 1. The van der Waals surface area contributed by atoms with Crippen LogP contribution in [0, 0.1) is 0 Å². The zero-order valence-corrected chi connectivity index (χ0v) is 13.2. The molecule has 0 spiro atoms. The van der Waals surface area contributed by atoms with Gasteiger partial charge in [0.1, 0.15) is 6.54 Å². The average Bonchev–Trinajstić information content (AvgIpc) is 2.77. The van der Waals surface area contributed by atoms with E-state index in [-0.39, 0.29) is 0 Å². The molecule has 0 radical (unpaired) electrons. The van der Waals surface area contributed by atoms with Crippen molar-refractivity contribution in [3.63, 3.8) is 0 Å². The molecule has 0 aliphatic carbocycles. The van der Waals surface area contributed by atoms with Crippen molar-refractivity contribution in [2.75, 3.05) is 12.5 Å². The molecule has 0 amide bonds. The Morgan fingerprint density at radius 1 is 1.00 bits per heavy atom. The fourth-order valence-corrected chi connectivity index (χ4v) is 2.32.